The minimum atomic E-state index is -0.401. The number of aliphatic hydroxyl groups is 1. The first-order valence-electron chi connectivity index (χ1n) is 9.33. The van der Waals surface area contributed by atoms with Gasteiger partial charge in [0.25, 0.3) is 0 Å². The number of benzene rings is 3. The van der Waals surface area contributed by atoms with Crippen LogP contribution in [-0.4, -0.2) is 17.7 Å². The third-order valence-electron chi connectivity index (χ3n) is 4.72. The van der Waals surface area contributed by atoms with Gasteiger partial charge in [-0.15, -0.1) is 0 Å². The van der Waals surface area contributed by atoms with Crippen molar-refractivity contribution in [2.45, 2.75) is 26.4 Å². The molecule has 3 rings (SSSR count). The molecule has 0 amide bonds. The summed E-state index contributed by atoms with van der Waals surface area (Å²) in [5, 5.41) is 11.4. The molecule has 28 heavy (non-hydrogen) atoms. The number of aliphatic hydroxyl groups excluding tert-OH is 1. The zero-order valence-corrected chi connectivity index (χ0v) is 16.1. The molecule has 144 valence electrons. The summed E-state index contributed by atoms with van der Waals surface area (Å²) >= 11 is 0. The van der Waals surface area contributed by atoms with Crippen LogP contribution in [0.5, 0.6) is 0 Å². The van der Waals surface area contributed by atoms with E-state index in [2.05, 4.69) is 36.9 Å². The van der Waals surface area contributed by atoms with Crippen molar-refractivity contribution in [1.29, 1.82) is 0 Å². The van der Waals surface area contributed by atoms with Crippen LogP contribution in [0.2, 0.25) is 0 Å². The highest BCUT2D eigenvalue weighted by atomic mass is 16.5. The van der Waals surface area contributed by atoms with Gasteiger partial charge in [-0.1, -0.05) is 36.9 Å². The third kappa shape index (κ3) is 4.59. The van der Waals surface area contributed by atoms with Gasteiger partial charge in [-0.05, 0) is 77.1 Å². The molecule has 0 fully saturated rings. The zero-order chi connectivity index (χ0) is 20.1. The lowest BCUT2D eigenvalue weighted by Crippen LogP contribution is -2.07. The van der Waals surface area contributed by atoms with Crippen molar-refractivity contribution in [3.8, 4) is 11.1 Å². The summed E-state index contributed by atoms with van der Waals surface area (Å²) in [5.41, 5.74) is 11.1. The van der Waals surface area contributed by atoms with E-state index in [0.717, 1.165) is 45.1 Å². The van der Waals surface area contributed by atoms with Crippen molar-refractivity contribution in [1.82, 2.24) is 0 Å². The largest absolute Gasteiger partial charge is 0.457 e. The minimum Gasteiger partial charge on any atom is -0.457 e. The van der Waals surface area contributed by atoms with Crippen molar-refractivity contribution in [3.63, 3.8) is 0 Å². The number of nitrogen functional groups attached to an aromatic ring is 1. The highest BCUT2D eigenvalue weighted by Gasteiger charge is 2.10. The van der Waals surface area contributed by atoms with Crippen molar-refractivity contribution >= 4 is 22.4 Å². The molecular weight excluding hydrogens is 350 g/mol. The van der Waals surface area contributed by atoms with Crippen LogP contribution in [0, 0.1) is 0 Å². The molecule has 3 aromatic rings. The second-order valence-electron chi connectivity index (χ2n) is 6.99. The van der Waals surface area contributed by atoms with Crippen LogP contribution in [0.25, 0.3) is 21.9 Å². The number of anilines is 1. The molecular formula is C24H25NO3. The number of ether oxygens (including phenoxy) is 1. The molecule has 0 radical (unpaired) electrons. The van der Waals surface area contributed by atoms with E-state index >= 15 is 0 Å². The van der Waals surface area contributed by atoms with Gasteiger partial charge in [-0.25, -0.2) is 4.79 Å². The van der Waals surface area contributed by atoms with E-state index in [1.807, 2.05) is 24.3 Å². The number of hydrogen-bond acceptors (Lipinski definition) is 4. The third-order valence-corrected chi connectivity index (χ3v) is 4.72. The van der Waals surface area contributed by atoms with Crippen LogP contribution < -0.4 is 5.73 Å². The number of nitrogens with two attached hydrogens (primary N) is 1. The summed E-state index contributed by atoms with van der Waals surface area (Å²) in [5.74, 6) is -0.401. The molecule has 0 bridgehead atoms. The molecule has 4 nitrogen and oxygen atoms in total. The van der Waals surface area contributed by atoms with Crippen molar-refractivity contribution in [3.05, 3.63) is 77.9 Å². The summed E-state index contributed by atoms with van der Waals surface area (Å²) < 4.78 is 5.37. The molecule has 0 heterocycles. The highest BCUT2D eigenvalue weighted by molar-refractivity contribution is 5.89. The number of fused-ring (bicyclic) bond motifs is 1. The Morgan fingerprint density at radius 3 is 2.43 bits per heavy atom. The van der Waals surface area contributed by atoms with Gasteiger partial charge < -0.3 is 15.6 Å². The maximum atomic E-state index is 11.8. The Bertz CT molecular complexity index is 1020. The lowest BCUT2D eigenvalue weighted by Gasteiger charge is -2.13. The van der Waals surface area contributed by atoms with Crippen LogP contribution in [0.4, 0.5) is 5.69 Å². The van der Waals surface area contributed by atoms with Crippen molar-refractivity contribution < 1.29 is 14.6 Å². The lowest BCUT2D eigenvalue weighted by molar-refractivity contribution is -0.140. The Balaban J connectivity index is 1.94. The fraction of sp³-hybridized carbons (Fsp3) is 0.208. The second kappa shape index (κ2) is 8.72. The summed E-state index contributed by atoms with van der Waals surface area (Å²) in [6, 6.07) is 18.3. The fourth-order valence-electron chi connectivity index (χ4n) is 3.16. The van der Waals surface area contributed by atoms with Gasteiger partial charge in [0, 0.05) is 17.9 Å². The standard InChI is InChI=1S/C24H25NO3/c1-16(2)24(27)28-15-22-13-19(6-5-17(22)4-3-11-26)18-7-8-21-14-23(25)10-9-20(21)12-18/h5-10,12-14,26H,1,3-4,11,15,25H2,2H3. The fourth-order valence-corrected chi connectivity index (χ4v) is 3.16. The summed E-state index contributed by atoms with van der Waals surface area (Å²) in [7, 11) is 0. The maximum absolute atomic E-state index is 11.8. The average Bonchev–Trinajstić information content (AvgIpc) is 2.70. The van der Waals surface area contributed by atoms with Crippen LogP contribution in [0.15, 0.2) is 66.7 Å². The lowest BCUT2D eigenvalue weighted by atomic mass is 9.95. The van der Waals surface area contributed by atoms with Gasteiger partial charge in [0.1, 0.15) is 6.61 Å². The summed E-state index contributed by atoms with van der Waals surface area (Å²) in [6.45, 7) is 5.57. The molecule has 4 heteroatoms. The van der Waals surface area contributed by atoms with E-state index in [0.29, 0.717) is 12.0 Å². The number of esters is 1. The number of hydrogen-bond donors (Lipinski definition) is 2. The molecule has 0 aromatic heterocycles. The molecule has 0 unspecified atom stereocenters. The van der Waals surface area contributed by atoms with E-state index in [1.165, 1.54) is 0 Å². The SMILES string of the molecule is C=C(C)C(=O)OCc1cc(-c2ccc3cc(N)ccc3c2)ccc1CCCO. The first kappa shape index (κ1) is 19.6. The summed E-state index contributed by atoms with van der Waals surface area (Å²) in [6.07, 6.45) is 1.39. The molecule has 3 aromatic carbocycles. The van der Waals surface area contributed by atoms with Crippen molar-refractivity contribution in [2.24, 2.45) is 0 Å². The zero-order valence-electron chi connectivity index (χ0n) is 16.1. The Morgan fingerprint density at radius 1 is 1.00 bits per heavy atom. The topological polar surface area (TPSA) is 72.5 Å². The Labute approximate surface area is 165 Å². The van der Waals surface area contributed by atoms with Gasteiger partial charge in [0.15, 0.2) is 0 Å². The predicted molar refractivity (Wildman–Crippen MR) is 114 cm³/mol. The molecule has 0 saturated heterocycles. The van der Waals surface area contributed by atoms with Crippen LogP contribution in [-0.2, 0) is 22.6 Å². The average molecular weight is 375 g/mol. The number of carbonyl (C=O) groups is 1. The predicted octanol–water partition coefficient (Wildman–Crippen LogP) is 4.63. The number of rotatable bonds is 7. The molecule has 0 aliphatic heterocycles. The van der Waals surface area contributed by atoms with Gasteiger partial charge >= 0.3 is 5.97 Å². The number of aryl methyl sites for hydroxylation is 1. The maximum Gasteiger partial charge on any atom is 0.333 e. The van der Waals surface area contributed by atoms with Crippen LogP contribution in [0.3, 0.4) is 0 Å². The van der Waals surface area contributed by atoms with E-state index in [4.69, 9.17) is 15.6 Å². The first-order chi connectivity index (χ1) is 13.5. The molecule has 0 aliphatic rings. The minimum absolute atomic E-state index is 0.126. The van der Waals surface area contributed by atoms with Crippen LogP contribution in [0.1, 0.15) is 24.5 Å². The van der Waals surface area contributed by atoms with E-state index in [1.54, 1.807) is 6.92 Å². The summed E-state index contributed by atoms with van der Waals surface area (Å²) in [4.78, 5) is 11.8. The van der Waals surface area contributed by atoms with E-state index < -0.39 is 5.97 Å². The molecule has 0 atom stereocenters. The molecule has 3 N–H and O–H groups in total. The molecule has 0 aliphatic carbocycles. The van der Waals surface area contributed by atoms with E-state index in [9.17, 15) is 4.79 Å². The van der Waals surface area contributed by atoms with Gasteiger partial charge in [0.2, 0.25) is 0 Å². The first-order valence-corrected chi connectivity index (χ1v) is 9.33. The van der Waals surface area contributed by atoms with Crippen LogP contribution >= 0.6 is 0 Å². The normalized spacial score (nSPS) is 10.8. The quantitative estimate of drug-likeness (QED) is 0.359. The van der Waals surface area contributed by atoms with Gasteiger partial charge in [0.05, 0.1) is 0 Å². The Morgan fingerprint density at radius 2 is 1.68 bits per heavy atom. The highest BCUT2D eigenvalue weighted by Crippen LogP contribution is 2.28. The van der Waals surface area contributed by atoms with Gasteiger partial charge in [-0.2, -0.15) is 0 Å². The smallest absolute Gasteiger partial charge is 0.333 e. The Kier molecular flexibility index (Phi) is 6.12. The molecule has 0 saturated carbocycles. The van der Waals surface area contributed by atoms with Gasteiger partial charge in [-0.3, -0.25) is 0 Å². The molecule has 0 spiro atoms. The van der Waals surface area contributed by atoms with Crippen molar-refractivity contribution in [2.75, 3.05) is 12.3 Å². The second-order valence-corrected chi connectivity index (χ2v) is 6.99. The monoisotopic (exact) mass is 375 g/mol. The number of carbonyl (C=O) groups excluding carboxylic acids is 1. The van der Waals surface area contributed by atoms with E-state index in [-0.39, 0.29) is 13.2 Å². The Hall–Kier alpha value is -3.11.